The Hall–Kier alpha value is -2.48. The van der Waals surface area contributed by atoms with Crippen LogP contribution in [0.5, 0.6) is 0 Å². The van der Waals surface area contributed by atoms with E-state index in [4.69, 9.17) is 4.98 Å². The van der Waals surface area contributed by atoms with Crippen LogP contribution in [0.3, 0.4) is 0 Å². The molecule has 1 saturated heterocycles. The number of piperazine rings is 1. The van der Waals surface area contributed by atoms with Crippen molar-refractivity contribution in [3.05, 3.63) is 70.4 Å². The predicted octanol–water partition coefficient (Wildman–Crippen LogP) is 4.28. The minimum Gasteiger partial charge on any atom is -0.339 e. The van der Waals surface area contributed by atoms with Crippen LogP contribution in [-0.4, -0.2) is 39.2 Å². The van der Waals surface area contributed by atoms with Crippen molar-refractivity contribution in [2.75, 3.05) is 24.5 Å². The van der Waals surface area contributed by atoms with Gasteiger partial charge in [0.1, 0.15) is 6.33 Å². The third kappa shape index (κ3) is 5.59. The van der Waals surface area contributed by atoms with Gasteiger partial charge in [0.05, 0.1) is 11.4 Å². The summed E-state index contributed by atoms with van der Waals surface area (Å²) < 4.78 is 1.62. The monoisotopic (exact) mass is 502 g/mol. The zero-order chi connectivity index (χ0) is 21.9. The van der Waals surface area contributed by atoms with Gasteiger partial charge in [-0.1, -0.05) is 43.5 Å². The summed E-state index contributed by atoms with van der Waals surface area (Å²) in [7, 11) is 1.78. The van der Waals surface area contributed by atoms with E-state index in [1.54, 1.807) is 23.9 Å². The molecule has 1 aliphatic heterocycles. The molecule has 9 heteroatoms. The summed E-state index contributed by atoms with van der Waals surface area (Å²) in [6, 6.07) is 12.7. The summed E-state index contributed by atoms with van der Waals surface area (Å²) >= 11 is 0. The summed E-state index contributed by atoms with van der Waals surface area (Å²) in [6.45, 7) is 2.39. The number of hydrogen-bond acceptors (Lipinski definition) is 6. The lowest BCUT2D eigenvalue weighted by Gasteiger charge is -2.35. The predicted molar refractivity (Wildman–Crippen MR) is 140 cm³/mol. The van der Waals surface area contributed by atoms with E-state index in [2.05, 4.69) is 44.5 Å². The molecular formula is C25H32Cl2N6O. The SMILES string of the molecule is Cl.Cl.Cn1c(N2CCN[C@@H](c3ccc(C4CCCCC4)cc3)C2)nc(-c2ccncn2)cc1=O. The average Bonchev–Trinajstić information content (AvgIpc) is 2.87. The molecule has 1 aromatic carbocycles. The van der Waals surface area contributed by atoms with Crippen LogP contribution in [0.25, 0.3) is 11.4 Å². The molecule has 1 aliphatic carbocycles. The Balaban J connectivity index is 0.00000162. The van der Waals surface area contributed by atoms with Crippen molar-refractivity contribution in [2.24, 2.45) is 7.05 Å². The van der Waals surface area contributed by atoms with Crippen LogP contribution in [-0.2, 0) is 7.05 Å². The van der Waals surface area contributed by atoms with Crippen LogP contribution in [0.15, 0.2) is 53.7 Å². The number of anilines is 1. The van der Waals surface area contributed by atoms with Gasteiger partial charge in [0.15, 0.2) is 0 Å². The van der Waals surface area contributed by atoms with E-state index >= 15 is 0 Å². The number of benzene rings is 1. The maximum absolute atomic E-state index is 12.7. The highest BCUT2D eigenvalue weighted by molar-refractivity contribution is 5.85. The maximum atomic E-state index is 12.7. The van der Waals surface area contributed by atoms with Gasteiger partial charge in [-0.25, -0.2) is 15.0 Å². The maximum Gasteiger partial charge on any atom is 0.255 e. The Labute approximate surface area is 212 Å². The first-order valence-corrected chi connectivity index (χ1v) is 11.6. The molecule has 3 aromatic rings. The van der Waals surface area contributed by atoms with Gasteiger partial charge in [0.2, 0.25) is 5.95 Å². The number of nitrogens with zero attached hydrogens (tertiary/aromatic N) is 5. The molecule has 3 heterocycles. The Morgan fingerprint density at radius 3 is 2.41 bits per heavy atom. The van der Waals surface area contributed by atoms with Crippen molar-refractivity contribution in [1.82, 2.24) is 24.8 Å². The number of halogens is 2. The van der Waals surface area contributed by atoms with Gasteiger partial charge in [-0.05, 0) is 36.0 Å². The van der Waals surface area contributed by atoms with E-state index in [-0.39, 0.29) is 36.4 Å². The lowest BCUT2D eigenvalue weighted by molar-refractivity contribution is 0.442. The molecule has 182 valence electrons. The lowest BCUT2D eigenvalue weighted by atomic mass is 9.83. The topological polar surface area (TPSA) is 75.9 Å². The third-order valence-electron chi connectivity index (χ3n) is 6.83. The second-order valence-corrected chi connectivity index (χ2v) is 8.89. The molecule has 0 radical (unpaired) electrons. The molecule has 0 amide bonds. The van der Waals surface area contributed by atoms with Crippen molar-refractivity contribution in [3.8, 4) is 11.4 Å². The number of nitrogens with one attached hydrogen (secondary N) is 1. The van der Waals surface area contributed by atoms with Crippen molar-refractivity contribution < 1.29 is 0 Å². The molecule has 0 unspecified atom stereocenters. The van der Waals surface area contributed by atoms with Crippen molar-refractivity contribution in [1.29, 1.82) is 0 Å². The van der Waals surface area contributed by atoms with E-state index in [1.165, 1.54) is 55.6 Å². The van der Waals surface area contributed by atoms with Crippen LogP contribution in [0, 0.1) is 0 Å². The van der Waals surface area contributed by atoms with E-state index in [1.807, 2.05) is 0 Å². The van der Waals surface area contributed by atoms with Crippen LogP contribution in [0.2, 0.25) is 0 Å². The Morgan fingerprint density at radius 1 is 0.971 bits per heavy atom. The Kier molecular flexibility index (Phi) is 9.05. The Bertz CT molecular complexity index is 1120. The highest BCUT2D eigenvalue weighted by Gasteiger charge is 2.25. The zero-order valence-corrected chi connectivity index (χ0v) is 21.0. The number of hydrogen-bond donors (Lipinski definition) is 1. The standard InChI is InChI=1S/C25H30N6O.2ClH/c1-30-24(32)15-22(21-11-12-26-17-28-21)29-25(30)31-14-13-27-23(16-31)20-9-7-19(8-10-20)18-5-3-2-4-6-18;;/h7-12,15,17-18,23,27H,2-6,13-14,16H2,1H3;2*1H/t23-;;/m1../s1. The molecule has 5 rings (SSSR count). The minimum atomic E-state index is -0.0875. The Morgan fingerprint density at radius 2 is 1.71 bits per heavy atom. The van der Waals surface area contributed by atoms with E-state index in [0.717, 1.165) is 25.6 Å². The summed E-state index contributed by atoms with van der Waals surface area (Å²) in [5.74, 6) is 1.40. The molecule has 1 saturated carbocycles. The zero-order valence-electron chi connectivity index (χ0n) is 19.4. The van der Waals surface area contributed by atoms with E-state index in [0.29, 0.717) is 17.3 Å². The molecule has 0 spiro atoms. The summed E-state index contributed by atoms with van der Waals surface area (Å²) in [4.78, 5) is 27.9. The van der Waals surface area contributed by atoms with Crippen LogP contribution < -0.4 is 15.8 Å². The molecule has 34 heavy (non-hydrogen) atoms. The fourth-order valence-corrected chi connectivity index (χ4v) is 4.97. The van der Waals surface area contributed by atoms with Gasteiger partial charge in [-0.2, -0.15) is 0 Å². The first-order chi connectivity index (χ1) is 15.7. The normalized spacial score (nSPS) is 18.6. The number of aromatic nitrogens is 4. The highest BCUT2D eigenvalue weighted by atomic mass is 35.5. The van der Waals surface area contributed by atoms with Gasteiger partial charge >= 0.3 is 0 Å². The third-order valence-corrected chi connectivity index (χ3v) is 6.83. The van der Waals surface area contributed by atoms with Gasteiger partial charge < -0.3 is 10.2 Å². The summed E-state index contributed by atoms with van der Waals surface area (Å²) in [6.07, 6.45) is 9.86. The molecule has 1 N–H and O–H groups in total. The molecular weight excluding hydrogens is 471 g/mol. The second kappa shape index (κ2) is 11.8. The second-order valence-electron chi connectivity index (χ2n) is 8.89. The minimum absolute atomic E-state index is 0. The molecule has 2 aliphatic rings. The van der Waals surface area contributed by atoms with Gasteiger partial charge in [-0.15, -0.1) is 24.8 Å². The lowest BCUT2D eigenvalue weighted by Crippen LogP contribution is -2.47. The fraction of sp³-hybridized carbons (Fsp3) is 0.440. The van der Waals surface area contributed by atoms with Crippen LogP contribution in [0.4, 0.5) is 5.95 Å². The summed E-state index contributed by atoms with van der Waals surface area (Å²) in [5.41, 5.74) is 3.91. The summed E-state index contributed by atoms with van der Waals surface area (Å²) in [5, 5.41) is 3.64. The molecule has 0 bridgehead atoms. The molecule has 2 aromatic heterocycles. The quantitative estimate of drug-likeness (QED) is 0.573. The average molecular weight is 503 g/mol. The first-order valence-electron chi connectivity index (χ1n) is 11.6. The molecule has 2 fully saturated rings. The molecule has 7 nitrogen and oxygen atoms in total. The van der Waals surface area contributed by atoms with Crippen molar-refractivity contribution in [2.45, 2.75) is 44.1 Å². The van der Waals surface area contributed by atoms with Gasteiger partial charge in [0, 0.05) is 45.0 Å². The van der Waals surface area contributed by atoms with E-state index < -0.39 is 0 Å². The van der Waals surface area contributed by atoms with Crippen molar-refractivity contribution >= 4 is 30.8 Å². The van der Waals surface area contributed by atoms with Crippen molar-refractivity contribution in [3.63, 3.8) is 0 Å². The van der Waals surface area contributed by atoms with E-state index in [9.17, 15) is 4.79 Å². The number of rotatable bonds is 4. The van der Waals surface area contributed by atoms with Crippen LogP contribution in [0.1, 0.15) is 55.2 Å². The van der Waals surface area contributed by atoms with Gasteiger partial charge in [-0.3, -0.25) is 9.36 Å². The largest absolute Gasteiger partial charge is 0.339 e. The smallest absolute Gasteiger partial charge is 0.255 e. The molecule has 1 atom stereocenters. The first kappa shape index (κ1) is 26.1. The van der Waals surface area contributed by atoms with Gasteiger partial charge in [0.25, 0.3) is 5.56 Å². The van der Waals surface area contributed by atoms with Crippen LogP contribution >= 0.6 is 24.8 Å². The highest BCUT2D eigenvalue weighted by Crippen LogP contribution is 2.33. The fourth-order valence-electron chi connectivity index (χ4n) is 4.97.